The van der Waals surface area contributed by atoms with E-state index in [0.29, 0.717) is 24.2 Å². The van der Waals surface area contributed by atoms with E-state index in [4.69, 9.17) is 0 Å². The Bertz CT molecular complexity index is 657. The molecule has 0 saturated heterocycles. The number of rotatable bonds is 3. The van der Waals surface area contributed by atoms with Crippen molar-refractivity contribution < 1.29 is 9.18 Å². The average molecular weight is 282 g/mol. The summed E-state index contributed by atoms with van der Waals surface area (Å²) in [7, 11) is 1.70. The fraction of sp³-hybridized carbons (Fsp3) is 0.176. The van der Waals surface area contributed by atoms with E-state index < -0.39 is 0 Å². The number of carbonyl (C=O) groups excluding carboxylic acids is 1. The third-order valence-electron chi connectivity index (χ3n) is 2.89. The van der Waals surface area contributed by atoms with Gasteiger partial charge in [0.2, 0.25) is 0 Å². The highest BCUT2D eigenvalue weighted by Gasteiger charge is 2.10. The third-order valence-corrected chi connectivity index (χ3v) is 2.89. The van der Waals surface area contributed by atoms with E-state index in [1.807, 2.05) is 18.2 Å². The zero-order valence-electron chi connectivity index (χ0n) is 11.7. The monoisotopic (exact) mass is 282 g/mol. The van der Waals surface area contributed by atoms with Gasteiger partial charge in [-0.1, -0.05) is 12.0 Å². The number of hydrogen-bond acceptors (Lipinski definition) is 2. The molecule has 1 heterocycles. The molecule has 0 saturated carbocycles. The van der Waals surface area contributed by atoms with Crippen molar-refractivity contribution in [3.63, 3.8) is 0 Å². The first-order valence-corrected chi connectivity index (χ1v) is 6.58. The lowest BCUT2D eigenvalue weighted by molar-refractivity contribution is 0.0798. The smallest absolute Gasteiger partial charge is 0.253 e. The molecular formula is C17H15FN2O. The van der Waals surface area contributed by atoms with E-state index in [0.717, 1.165) is 0 Å². The highest BCUT2D eigenvalue weighted by molar-refractivity contribution is 5.93. The second kappa shape index (κ2) is 7.20. The van der Waals surface area contributed by atoms with Gasteiger partial charge in [0.15, 0.2) is 0 Å². The standard InChI is InChI=1S/C17H15FN2O/c1-20(17(21)14-8-10-15(18)11-9-14)13-5-3-7-16-6-2-4-12-19-16/h2,4,6,8-12H,5,13H2,1H3. The third kappa shape index (κ3) is 4.43. The Balaban J connectivity index is 1.87. The Hall–Kier alpha value is -2.67. The molecule has 0 radical (unpaired) electrons. The van der Waals surface area contributed by atoms with Crippen LogP contribution < -0.4 is 0 Å². The van der Waals surface area contributed by atoms with Crippen LogP contribution in [0.15, 0.2) is 48.7 Å². The number of amides is 1. The molecule has 0 unspecified atom stereocenters. The number of pyridine rings is 1. The maximum absolute atomic E-state index is 12.8. The Morgan fingerprint density at radius 1 is 1.24 bits per heavy atom. The van der Waals surface area contributed by atoms with Gasteiger partial charge < -0.3 is 4.90 Å². The van der Waals surface area contributed by atoms with Crippen LogP contribution in [0.25, 0.3) is 0 Å². The molecule has 2 rings (SSSR count). The summed E-state index contributed by atoms with van der Waals surface area (Å²) < 4.78 is 12.8. The summed E-state index contributed by atoms with van der Waals surface area (Å²) in [6.07, 6.45) is 2.24. The molecule has 0 atom stereocenters. The highest BCUT2D eigenvalue weighted by atomic mass is 19.1. The first-order valence-electron chi connectivity index (χ1n) is 6.58. The van der Waals surface area contributed by atoms with Crippen LogP contribution in [-0.4, -0.2) is 29.4 Å². The summed E-state index contributed by atoms with van der Waals surface area (Å²) in [6.45, 7) is 0.510. The maximum Gasteiger partial charge on any atom is 0.253 e. The topological polar surface area (TPSA) is 33.2 Å². The zero-order chi connectivity index (χ0) is 15.1. The molecule has 3 nitrogen and oxygen atoms in total. The van der Waals surface area contributed by atoms with Crippen molar-refractivity contribution in [1.82, 2.24) is 9.88 Å². The summed E-state index contributed by atoms with van der Waals surface area (Å²) in [5, 5.41) is 0. The van der Waals surface area contributed by atoms with Gasteiger partial charge >= 0.3 is 0 Å². The molecule has 0 aliphatic rings. The summed E-state index contributed by atoms with van der Waals surface area (Å²) in [6, 6.07) is 11.1. The number of hydrogen-bond donors (Lipinski definition) is 0. The maximum atomic E-state index is 12.8. The van der Waals surface area contributed by atoms with Crippen LogP contribution in [0.2, 0.25) is 0 Å². The summed E-state index contributed by atoms with van der Waals surface area (Å²) >= 11 is 0. The van der Waals surface area contributed by atoms with Crippen LogP contribution in [0, 0.1) is 17.7 Å². The number of benzene rings is 1. The van der Waals surface area contributed by atoms with Gasteiger partial charge in [0, 0.05) is 31.8 Å². The molecule has 0 spiro atoms. The second-order valence-electron chi connectivity index (χ2n) is 4.50. The molecule has 1 aromatic heterocycles. The van der Waals surface area contributed by atoms with E-state index in [1.54, 1.807) is 18.1 Å². The first-order chi connectivity index (χ1) is 10.2. The van der Waals surface area contributed by atoms with Gasteiger partial charge in [0.05, 0.1) is 0 Å². The van der Waals surface area contributed by atoms with Crippen molar-refractivity contribution in [3.05, 3.63) is 65.7 Å². The number of halogens is 1. The first kappa shape index (κ1) is 14.7. The molecule has 2 aromatic rings. The van der Waals surface area contributed by atoms with Crippen LogP contribution in [0.4, 0.5) is 4.39 Å². The summed E-state index contributed by atoms with van der Waals surface area (Å²) in [5.74, 6) is 5.42. The number of aromatic nitrogens is 1. The molecule has 0 aliphatic heterocycles. The fourth-order valence-electron chi connectivity index (χ4n) is 1.73. The van der Waals surface area contributed by atoms with Crippen molar-refractivity contribution in [1.29, 1.82) is 0 Å². The lowest BCUT2D eigenvalue weighted by atomic mass is 10.2. The molecule has 106 valence electrons. The fourth-order valence-corrected chi connectivity index (χ4v) is 1.73. The molecule has 4 heteroatoms. The van der Waals surface area contributed by atoms with Gasteiger partial charge in [-0.25, -0.2) is 9.37 Å². The quantitative estimate of drug-likeness (QED) is 0.811. The molecule has 1 amide bonds. The number of nitrogens with zero attached hydrogens (tertiary/aromatic N) is 2. The Morgan fingerprint density at radius 2 is 2.00 bits per heavy atom. The molecule has 0 bridgehead atoms. The van der Waals surface area contributed by atoms with Gasteiger partial charge in [-0.15, -0.1) is 0 Å². The molecule has 0 aliphatic carbocycles. The van der Waals surface area contributed by atoms with E-state index in [2.05, 4.69) is 16.8 Å². The minimum absolute atomic E-state index is 0.144. The van der Waals surface area contributed by atoms with Crippen LogP contribution >= 0.6 is 0 Å². The van der Waals surface area contributed by atoms with Gasteiger partial charge in [0.1, 0.15) is 11.5 Å². The Morgan fingerprint density at radius 3 is 2.67 bits per heavy atom. The van der Waals surface area contributed by atoms with E-state index in [9.17, 15) is 9.18 Å². The van der Waals surface area contributed by atoms with Crippen molar-refractivity contribution in [2.24, 2.45) is 0 Å². The van der Waals surface area contributed by atoms with Crippen molar-refractivity contribution in [3.8, 4) is 11.8 Å². The van der Waals surface area contributed by atoms with E-state index in [1.165, 1.54) is 24.3 Å². The Kier molecular flexibility index (Phi) is 5.05. The minimum atomic E-state index is -0.351. The van der Waals surface area contributed by atoms with Crippen LogP contribution in [0.5, 0.6) is 0 Å². The predicted octanol–water partition coefficient (Wildman–Crippen LogP) is 2.73. The lowest BCUT2D eigenvalue weighted by Gasteiger charge is -2.15. The largest absolute Gasteiger partial charge is 0.341 e. The second-order valence-corrected chi connectivity index (χ2v) is 4.50. The molecular weight excluding hydrogens is 267 g/mol. The number of carbonyl (C=O) groups is 1. The average Bonchev–Trinajstić information content (AvgIpc) is 2.52. The molecule has 0 N–H and O–H groups in total. The summed E-state index contributed by atoms with van der Waals surface area (Å²) in [4.78, 5) is 17.7. The zero-order valence-corrected chi connectivity index (χ0v) is 11.7. The van der Waals surface area contributed by atoms with Gasteiger partial charge in [-0.3, -0.25) is 4.79 Å². The molecule has 1 aromatic carbocycles. The molecule has 21 heavy (non-hydrogen) atoms. The summed E-state index contributed by atoms with van der Waals surface area (Å²) in [5.41, 5.74) is 1.18. The van der Waals surface area contributed by atoms with Crippen LogP contribution in [0.3, 0.4) is 0 Å². The van der Waals surface area contributed by atoms with Crippen molar-refractivity contribution in [2.45, 2.75) is 6.42 Å². The van der Waals surface area contributed by atoms with Gasteiger partial charge in [-0.05, 0) is 42.3 Å². The normalized spacial score (nSPS) is 9.62. The SMILES string of the molecule is CN(CCC#Cc1ccccn1)C(=O)c1ccc(F)cc1. The Labute approximate surface area is 123 Å². The van der Waals surface area contributed by atoms with Crippen molar-refractivity contribution >= 4 is 5.91 Å². The van der Waals surface area contributed by atoms with E-state index in [-0.39, 0.29) is 11.7 Å². The minimum Gasteiger partial charge on any atom is -0.341 e. The van der Waals surface area contributed by atoms with Crippen LogP contribution in [-0.2, 0) is 0 Å². The predicted molar refractivity (Wildman–Crippen MR) is 79.1 cm³/mol. The van der Waals surface area contributed by atoms with E-state index >= 15 is 0 Å². The van der Waals surface area contributed by atoms with Crippen LogP contribution in [0.1, 0.15) is 22.5 Å². The highest BCUT2D eigenvalue weighted by Crippen LogP contribution is 2.06. The van der Waals surface area contributed by atoms with Gasteiger partial charge in [-0.2, -0.15) is 0 Å². The lowest BCUT2D eigenvalue weighted by Crippen LogP contribution is -2.27. The van der Waals surface area contributed by atoms with Crippen molar-refractivity contribution in [2.75, 3.05) is 13.6 Å². The van der Waals surface area contributed by atoms with Gasteiger partial charge in [0.25, 0.3) is 5.91 Å². The molecule has 0 fully saturated rings.